The number of nitrogens with one attached hydrogen (secondary N) is 1. The molecule has 2 atom stereocenters. The highest BCUT2D eigenvalue weighted by atomic mass is 79.9. The minimum atomic E-state index is -3.73. The Kier molecular flexibility index (Phi) is 10.1. The number of carbonyl (C=O) groups excluding carboxylic acids is 2. The molecule has 9 heteroatoms. The topological polar surface area (TPSA) is 86.8 Å². The summed E-state index contributed by atoms with van der Waals surface area (Å²) in [4.78, 5) is 27.8. The Hall–Kier alpha value is -2.39. The number of nitrogens with zero attached hydrogens (tertiary/aromatic N) is 2. The molecule has 0 aliphatic rings. The average Bonchev–Trinajstić information content (AvgIpc) is 2.80. The Morgan fingerprint density at radius 1 is 0.971 bits per heavy atom. The molecule has 0 saturated carbocycles. The van der Waals surface area contributed by atoms with Gasteiger partial charge >= 0.3 is 0 Å². The number of carbonyl (C=O) groups is 2. The molecule has 2 aromatic carbocycles. The van der Waals surface area contributed by atoms with E-state index in [4.69, 9.17) is 0 Å². The highest BCUT2D eigenvalue weighted by Gasteiger charge is 2.30. The van der Waals surface area contributed by atoms with Crippen LogP contribution < -0.4 is 9.62 Å². The van der Waals surface area contributed by atoms with E-state index in [2.05, 4.69) is 21.2 Å². The van der Waals surface area contributed by atoms with Crippen molar-refractivity contribution in [1.29, 1.82) is 0 Å². The Labute approximate surface area is 211 Å². The monoisotopic (exact) mass is 551 g/mol. The van der Waals surface area contributed by atoms with Crippen LogP contribution in [0.4, 0.5) is 5.69 Å². The number of rotatable bonds is 11. The molecular weight excluding hydrogens is 518 g/mol. The number of sulfonamides is 1. The van der Waals surface area contributed by atoms with E-state index in [9.17, 15) is 18.0 Å². The van der Waals surface area contributed by atoms with Gasteiger partial charge in [-0.1, -0.05) is 54.0 Å². The van der Waals surface area contributed by atoms with E-state index in [0.717, 1.165) is 39.0 Å². The first-order valence-electron chi connectivity index (χ1n) is 11.4. The molecule has 0 heterocycles. The van der Waals surface area contributed by atoms with E-state index in [0.29, 0.717) is 5.69 Å². The normalized spacial score (nSPS) is 13.1. The third-order valence-corrected chi connectivity index (χ3v) is 7.42. The maximum absolute atomic E-state index is 13.5. The molecule has 0 aliphatic carbocycles. The van der Waals surface area contributed by atoms with Crippen molar-refractivity contribution in [1.82, 2.24) is 10.2 Å². The molecule has 7 nitrogen and oxygen atoms in total. The molecule has 2 rings (SSSR count). The Morgan fingerprint density at radius 3 is 2.03 bits per heavy atom. The van der Waals surface area contributed by atoms with Gasteiger partial charge in [-0.3, -0.25) is 13.9 Å². The van der Waals surface area contributed by atoms with Gasteiger partial charge < -0.3 is 10.2 Å². The standard InChI is InChI=1S/C25H34BrN3O4S/c1-6-18(3)27-25(31)19(4)28(16-21-8-12-22(26)13-9-21)24(30)17-29(34(5,32)33)23-14-10-20(7-2)11-15-23/h8-15,18-19H,6-7,16-17H2,1-5H3,(H,27,31)/t18-,19-/m1/s1. The fraction of sp³-hybridized carbons (Fsp3) is 0.440. The number of halogens is 1. The van der Waals surface area contributed by atoms with Crippen LogP contribution in [0.25, 0.3) is 0 Å². The zero-order valence-electron chi connectivity index (χ0n) is 20.4. The lowest BCUT2D eigenvalue weighted by atomic mass is 10.1. The van der Waals surface area contributed by atoms with Crippen LogP contribution in [-0.4, -0.2) is 50.0 Å². The first-order chi connectivity index (χ1) is 16.0. The number of hydrogen-bond acceptors (Lipinski definition) is 4. The maximum atomic E-state index is 13.5. The maximum Gasteiger partial charge on any atom is 0.244 e. The van der Waals surface area contributed by atoms with Gasteiger partial charge in [0.05, 0.1) is 11.9 Å². The van der Waals surface area contributed by atoms with Crippen LogP contribution in [-0.2, 0) is 32.6 Å². The molecule has 186 valence electrons. The first kappa shape index (κ1) is 27.9. The van der Waals surface area contributed by atoms with Gasteiger partial charge in [-0.2, -0.15) is 0 Å². The SMILES string of the molecule is CCc1ccc(N(CC(=O)N(Cc2ccc(Br)cc2)[C@H](C)C(=O)N[C@H](C)CC)S(C)(=O)=O)cc1. The van der Waals surface area contributed by atoms with E-state index in [1.54, 1.807) is 19.1 Å². The highest BCUT2D eigenvalue weighted by molar-refractivity contribution is 9.10. The molecule has 0 unspecified atom stereocenters. The summed E-state index contributed by atoms with van der Waals surface area (Å²) < 4.78 is 27.2. The zero-order valence-corrected chi connectivity index (χ0v) is 22.8. The van der Waals surface area contributed by atoms with Gasteiger partial charge in [0.1, 0.15) is 12.6 Å². The van der Waals surface area contributed by atoms with E-state index >= 15 is 0 Å². The third-order valence-electron chi connectivity index (χ3n) is 5.75. The lowest BCUT2D eigenvalue weighted by Gasteiger charge is -2.32. The predicted octanol–water partition coefficient (Wildman–Crippen LogP) is 4.11. The predicted molar refractivity (Wildman–Crippen MR) is 140 cm³/mol. The van der Waals surface area contributed by atoms with Crippen LogP contribution in [0, 0.1) is 0 Å². The van der Waals surface area contributed by atoms with Crippen LogP contribution in [0.15, 0.2) is 53.0 Å². The fourth-order valence-corrected chi connectivity index (χ4v) is 4.46. The second-order valence-electron chi connectivity index (χ2n) is 8.43. The number of amides is 2. The van der Waals surface area contributed by atoms with Crippen LogP contribution in [0.1, 0.15) is 45.2 Å². The molecule has 0 spiro atoms. The van der Waals surface area contributed by atoms with Crippen LogP contribution in [0.2, 0.25) is 0 Å². The quantitative estimate of drug-likeness (QED) is 0.455. The van der Waals surface area contributed by atoms with Crippen molar-refractivity contribution >= 4 is 43.5 Å². The molecule has 0 bridgehead atoms. The van der Waals surface area contributed by atoms with Crippen molar-refractivity contribution in [3.63, 3.8) is 0 Å². The van der Waals surface area contributed by atoms with Crippen molar-refractivity contribution in [2.45, 2.75) is 59.2 Å². The van der Waals surface area contributed by atoms with Crippen LogP contribution >= 0.6 is 15.9 Å². The summed E-state index contributed by atoms with van der Waals surface area (Å²) in [7, 11) is -3.73. The van der Waals surface area contributed by atoms with Crippen molar-refractivity contribution in [3.05, 3.63) is 64.1 Å². The minimum Gasteiger partial charge on any atom is -0.352 e. The van der Waals surface area contributed by atoms with E-state index in [-0.39, 0.29) is 18.5 Å². The molecule has 0 aromatic heterocycles. The molecule has 0 radical (unpaired) electrons. The summed E-state index contributed by atoms with van der Waals surface area (Å²) in [5, 5.41) is 2.92. The van der Waals surface area contributed by atoms with Crippen molar-refractivity contribution < 1.29 is 18.0 Å². The van der Waals surface area contributed by atoms with E-state index < -0.39 is 28.5 Å². The zero-order chi connectivity index (χ0) is 25.5. The Balaban J connectivity index is 2.36. The summed E-state index contributed by atoms with van der Waals surface area (Å²) >= 11 is 3.40. The number of anilines is 1. The summed E-state index contributed by atoms with van der Waals surface area (Å²) in [6, 6.07) is 13.7. The third kappa shape index (κ3) is 7.84. The Bertz CT molecular complexity index is 1070. The van der Waals surface area contributed by atoms with E-state index in [1.807, 2.05) is 57.2 Å². The molecular formula is C25H34BrN3O4S. The fourth-order valence-electron chi connectivity index (χ4n) is 3.35. The van der Waals surface area contributed by atoms with Gasteiger partial charge in [-0.05, 0) is 62.1 Å². The van der Waals surface area contributed by atoms with Crippen molar-refractivity contribution in [2.24, 2.45) is 0 Å². The average molecular weight is 553 g/mol. The molecule has 2 amide bonds. The second kappa shape index (κ2) is 12.4. The summed E-state index contributed by atoms with van der Waals surface area (Å²) in [6.07, 6.45) is 2.66. The molecule has 2 aromatic rings. The highest BCUT2D eigenvalue weighted by Crippen LogP contribution is 2.20. The smallest absolute Gasteiger partial charge is 0.244 e. The first-order valence-corrected chi connectivity index (χ1v) is 14.0. The van der Waals surface area contributed by atoms with E-state index in [1.165, 1.54) is 4.90 Å². The number of benzene rings is 2. The van der Waals surface area contributed by atoms with Crippen LogP contribution in [0.5, 0.6) is 0 Å². The number of aryl methyl sites for hydroxylation is 1. The van der Waals surface area contributed by atoms with Crippen LogP contribution in [0.3, 0.4) is 0 Å². The molecule has 0 aliphatic heterocycles. The number of hydrogen-bond donors (Lipinski definition) is 1. The molecule has 0 fully saturated rings. The molecule has 34 heavy (non-hydrogen) atoms. The van der Waals surface area contributed by atoms with Crippen molar-refractivity contribution in [3.8, 4) is 0 Å². The van der Waals surface area contributed by atoms with Gasteiger partial charge in [0.25, 0.3) is 0 Å². The summed E-state index contributed by atoms with van der Waals surface area (Å²) in [6.45, 7) is 7.31. The van der Waals surface area contributed by atoms with Gasteiger partial charge in [0.2, 0.25) is 21.8 Å². The largest absolute Gasteiger partial charge is 0.352 e. The van der Waals surface area contributed by atoms with Gasteiger partial charge in [-0.15, -0.1) is 0 Å². The lowest BCUT2D eigenvalue weighted by molar-refractivity contribution is -0.139. The summed E-state index contributed by atoms with van der Waals surface area (Å²) in [5.74, 6) is -0.738. The van der Waals surface area contributed by atoms with Crippen molar-refractivity contribution in [2.75, 3.05) is 17.1 Å². The second-order valence-corrected chi connectivity index (χ2v) is 11.3. The Morgan fingerprint density at radius 2 is 1.53 bits per heavy atom. The molecule has 1 N–H and O–H groups in total. The van der Waals surface area contributed by atoms with Gasteiger partial charge in [-0.25, -0.2) is 8.42 Å². The van der Waals surface area contributed by atoms with Gasteiger partial charge in [0.15, 0.2) is 0 Å². The molecule has 0 saturated heterocycles. The minimum absolute atomic E-state index is 0.0378. The van der Waals surface area contributed by atoms with Gasteiger partial charge in [0, 0.05) is 17.1 Å². The summed E-state index contributed by atoms with van der Waals surface area (Å²) in [5.41, 5.74) is 2.31. The lowest BCUT2D eigenvalue weighted by Crippen LogP contribution is -2.52.